The predicted octanol–water partition coefficient (Wildman–Crippen LogP) is 5.30. The van der Waals surface area contributed by atoms with E-state index in [4.69, 9.17) is 27.9 Å². The second-order valence-electron chi connectivity index (χ2n) is 5.98. The maximum absolute atomic E-state index is 12.3. The average Bonchev–Trinajstić information content (AvgIpc) is 3.09. The third-order valence-electron chi connectivity index (χ3n) is 4.10. The monoisotopic (exact) mass is 450 g/mol. The zero-order valence-corrected chi connectivity index (χ0v) is 17.7. The van der Waals surface area contributed by atoms with Crippen LogP contribution in [-0.4, -0.2) is 28.9 Å². The number of methoxy groups -OCH3 is 1. The minimum absolute atomic E-state index is 0.0372. The third kappa shape index (κ3) is 4.48. The summed E-state index contributed by atoms with van der Waals surface area (Å²) in [7, 11) is 1.39. The van der Waals surface area contributed by atoms with E-state index in [1.54, 1.807) is 30.5 Å². The smallest absolute Gasteiger partial charge is 0.271 e. The number of benzene rings is 2. The van der Waals surface area contributed by atoms with Crippen molar-refractivity contribution in [2.45, 2.75) is 6.92 Å². The van der Waals surface area contributed by atoms with E-state index < -0.39 is 5.91 Å². The maximum Gasteiger partial charge on any atom is 0.271 e. The number of carbonyl (C=O) groups excluding carboxylic acids is 1. The molecule has 29 heavy (non-hydrogen) atoms. The minimum Gasteiger partial charge on any atom is -0.506 e. The number of phenols is 1. The van der Waals surface area contributed by atoms with Crippen molar-refractivity contribution in [2.75, 3.05) is 7.11 Å². The van der Waals surface area contributed by atoms with Crippen molar-refractivity contribution in [3.8, 4) is 27.7 Å². The Morgan fingerprint density at radius 2 is 1.90 bits per heavy atom. The molecule has 0 bridgehead atoms. The summed E-state index contributed by atoms with van der Waals surface area (Å²) in [4.78, 5) is 12.9. The highest BCUT2D eigenvalue weighted by atomic mass is 35.5. The molecular weight excluding hydrogens is 435 g/mol. The number of hydrogen-bond donors (Lipinski definition) is 3. The molecule has 0 saturated carbocycles. The van der Waals surface area contributed by atoms with Crippen LogP contribution in [0.4, 0.5) is 0 Å². The van der Waals surface area contributed by atoms with E-state index in [-0.39, 0.29) is 22.8 Å². The van der Waals surface area contributed by atoms with Crippen molar-refractivity contribution in [3.05, 3.63) is 63.0 Å². The fourth-order valence-corrected chi connectivity index (χ4v) is 3.83. The third-order valence-corrected chi connectivity index (χ3v) is 5.86. The summed E-state index contributed by atoms with van der Waals surface area (Å²) in [6.45, 7) is 1.66. The van der Waals surface area contributed by atoms with Crippen LogP contribution in [0.2, 0.25) is 10.0 Å². The predicted molar refractivity (Wildman–Crippen MR) is 116 cm³/mol. The fourth-order valence-electron chi connectivity index (χ4n) is 2.53. The molecule has 0 aliphatic carbocycles. The lowest BCUT2D eigenvalue weighted by molar-refractivity contribution is 0.0954. The van der Waals surface area contributed by atoms with Gasteiger partial charge in [0.25, 0.3) is 5.91 Å². The average molecular weight is 451 g/mol. The van der Waals surface area contributed by atoms with Crippen molar-refractivity contribution in [2.24, 2.45) is 5.10 Å². The van der Waals surface area contributed by atoms with Gasteiger partial charge in [0.1, 0.15) is 5.75 Å². The highest BCUT2D eigenvalue weighted by Gasteiger charge is 2.16. The highest BCUT2D eigenvalue weighted by Crippen LogP contribution is 2.40. The normalized spacial score (nSPS) is 11.4. The number of halogens is 2. The number of amides is 1. The summed E-state index contributed by atoms with van der Waals surface area (Å²) in [5, 5.41) is 26.8. The Balaban J connectivity index is 1.81. The van der Waals surface area contributed by atoms with Gasteiger partial charge < -0.3 is 14.9 Å². The lowest BCUT2D eigenvalue weighted by Crippen LogP contribution is -2.19. The summed E-state index contributed by atoms with van der Waals surface area (Å²) in [5.74, 6) is -0.334. The number of hydrogen-bond acceptors (Lipinski definition) is 6. The number of ether oxygens (including phenoxy) is 1. The fraction of sp³-hybridized carbons (Fsp3) is 0.100. The summed E-state index contributed by atoms with van der Waals surface area (Å²) in [6.07, 6.45) is 0. The molecule has 0 unspecified atom stereocenters. The van der Waals surface area contributed by atoms with Crippen LogP contribution >= 0.6 is 34.5 Å². The van der Waals surface area contributed by atoms with Crippen LogP contribution in [-0.2, 0) is 0 Å². The Morgan fingerprint density at radius 3 is 2.59 bits per heavy atom. The lowest BCUT2D eigenvalue weighted by atomic mass is 10.1. The second kappa shape index (κ2) is 8.73. The number of nitrogens with one attached hydrogen (secondary N) is 1. The molecule has 9 heteroatoms. The molecule has 0 spiro atoms. The largest absolute Gasteiger partial charge is 0.506 e. The van der Waals surface area contributed by atoms with Crippen LogP contribution in [0.3, 0.4) is 0 Å². The standard InChI is InChI=1S/C20H16Cl2N2O4S/c1-10(23-24-20(27)12-4-6-16(25)17(8-12)28-2)13-9-29-19(18(13)26)11-3-5-14(21)15(22)7-11/h3-9,25-26H,1-2H3,(H,24,27)/b23-10+. The molecule has 3 aromatic rings. The van der Waals surface area contributed by atoms with Gasteiger partial charge in [0.2, 0.25) is 0 Å². The van der Waals surface area contributed by atoms with Gasteiger partial charge in [0.05, 0.1) is 33.3 Å². The van der Waals surface area contributed by atoms with Gasteiger partial charge in [-0.15, -0.1) is 11.3 Å². The molecule has 0 atom stereocenters. The van der Waals surface area contributed by atoms with Crippen LogP contribution in [0, 0.1) is 0 Å². The summed E-state index contributed by atoms with van der Waals surface area (Å²) in [5.41, 5.74) is 4.32. The summed E-state index contributed by atoms with van der Waals surface area (Å²) < 4.78 is 4.99. The minimum atomic E-state index is -0.484. The second-order valence-corrected chi connectivity index (χ2v) is 7.67. The van der Waals surface area contributed by atoms with Crippen molar-refractivity contribution in [3.63, 3.8) is 0 Å². The molecular formula is C20H16Cl2N2O4S. The molecule has 1 heterocycles. The van der Waals surface area contributed by atoms with Gasteiger partial charge in [-0.1, -0.05) is 29.3 Å². The Kier molecular flexibility index (Phi) is 6.32. The van der Waals surface area contributed by atoms with Gasteiger partial charge in [-0.2, -0.15) is 5.10 Å². The van der Waals surface area contributed by atoms with Crippen molar-refractivity contribution in [1.82, 2.24) is 5.43 Å². The first-order valence-corrected chi connectivity index (χ1v) is 9.93. The molecule has 3 N–H and O–H groups in total. The molecule has 0 aliphatic heterocycles. The van der Waals surface area contributed by atoms with Crippen LogP contribution < -0.4 is 10.2 Å². The molecule has 1 aromatic heterocycles. The first-order chi connectivity index (χ1) is 13.8. The van der Waals surface area contributed by atoms with E-state index in [1.165, 1.54) is 36.6 Å². The van der Waals surface area contributed by atoms with Crippen LogP contribution in [0.15, 0.2) is 46.9 Å². The van der Waals surface area contributed by atoms with Gasteiger partial charge in [0.15, 0.2) is 11.5 Å². The van der Waals surface area contributed by atoms with E-state index in [0.29, 0.717) is 26.2 Å². The van der Waals surface area contributed by atoms with Gasteiger partial charge in [-0.05, 0) is 42.8 Å². The first kappa shape index (κ1) is 21.0. The van der Waals surface area contributed by atoms with E-state index in [0.717, 1.165) is 5.56 Å². The Labute approximate surface area is 181 Å². The van der Waals surface area contributed by atoms with Crippen LogP contribution in [0.1, 0.15) is 22.8 Å². The molecule has 0 radical (unpaired) electrons. The van der Waals surface area contributed by atoms with Crippen LogP contribution in [0.5, 0.6) is 17.2 Å². The van der Waals surface area contributed by atoms with Gasteiger partial charge in [0, 0.05) is 10.9 Å². The number of carbonyl (C=O) groups is 1. The zero-order valence-electron chi connectivity index (χ0n) is 15.4. The van der Waals surface area contributed by atoms with Gasteiger partial charge in [-0.25, -0.2) is 5.43 Å². The van der Waals surface area contributed by atoms with E-state index in [2.05, 4.69) is 10.5 Å². The van der Waals surface area contributed by atoms with Gasteiger partial charge >= 0.3 is 0 Å². The number of phenolic OH excluding ortho intramolecular Hbond substituents is 1. The summed E-state index contributed by atoms with van der Waals surface area (Å²) >= 11 is 13.3. The van der Waals surface area contributed by atoms with E-state index in [1.807, 2.05) is 0 Å². The maximum atomic E-state index is 12.3. The van der Waals surface area contributed by atoms with Crippen molar-refractivity contribution >= 4 is 46.2 Å². The Morgan fingerprint density at radius 1 is 1.14 bits per heavy atom. The zero-order chi connectivity index (χ0) is 21.1. The molecule has 150 valence electrons. The highest BCUT2D eigenvalue weighted by molar-refractivity contribution is 7.14. The molecule has 1 amide bonds. The lowest BCUT2D eigenvalue weighted by Gasteiger charge is -2.06. The quantitative estimate of drug-likeness (QED) is 0.363. The number of aromatic hydroxyl groups is 2. The number of nitrogens with zero attached hydrogens (tertiary/aromatic N) is 1. The van der Waals surface area contributed by atoms with E-state index >= 15 is 0 Å². The van der Waals surface area contributed by atoms with Crippen LogP contribution in [0.25, 0.3) is 10.4 Å². The first-order valence-electron chi connectivity index (χ1n) is 8.29. The Hall–Kier alpha value is -2.74. The number of thiophene rings is 1. The molecule has 2 aromatic carbocycles. The summed E-state index contributed by atoms with van der Waals surface area (Å²) in [6, 6.07) is 9.30. The number of rotatable bonds is 5. The van der Waals surface area contributed by atoms with Crippen molar-refractivity contribution < 1.29 is 19.7 Å². The SMILES string of the molecule is COc1cc(C(=O)N/N=C(\C)c2csc(-c3ccc(Cl)c(Cl)c3)c2O)ccc1O. The van der Waals surface area contributed by atoms with E-state index in [9.17, 15) is 15.0 Å². The topological polar surface area (TPSA) is 91.2 Å². The molecule has 0 saturated heterocycles. The van der Waals surface area contributed by atoms with Crippen molar-refractivity contribution in [1.29, 1.82) is 0 Å². The molecule has 6 nitrogen and oxygen atoms in total. The van der Waals surface area contributed by atoms with Gasteiger partial charge in [-0.3, -0.25) is 4.79 Å². The number of hydrazone groups is 1. The molecule has 0 aliphatic rings. The Bertz CT molecular complexity index is 1110. The molecule has 3 rings (SSSR count). The molecule has 0 fully saturated rings.